The van der Waals surface area contributed by atoms with Crippen LogP contribution >= 0.6 is 0 Å². The molecule has 0 aliphatic rings. The number of amides is 2. The van der Waals surface area contributed by atoms with E-state index in [1.54, 1.807) is 90.1 Å². The Morgan fingerprint density at radius 2 is 0.800 bits per heavy atom. The Balaban J connectivity index is -0.000000325. The molecule has 0 heterocycles. The van der Waals surface area contributed by atoms with E-state index in [0.717, 1.165) is 0 Å². The van der Waals surface area contributed by atoms with E-state index >= 15 is 0 Å². The number of aliphatic hydroxyl groups is 2. The summed E-state index contributed by atoms with van der Waals surface area (Å²) in [6.07, 6.45) is 0.675. The zero-order chi connectivity index (χ0) is 40.4. The van der Waals surface area contributed by atoms with Crippen molar-refractivity contribution in [1.29, 1.82) is 0 Å². The van der Waals surface area contributed by atoms with Gasteiger partial charge in [0.15, 0.2) is 17.3 Å². The van der Waals surface area contributed by atoms with Gasteiger partial charge < -0.3 is 36.5 Å². The van der Waals surface area contributed by atoms with Crippen molar-refractivity contribution in [3.8, 4) is 0 Å². The van der Waals surface area contributed by atoms with E-state index in [-0.39, 0.29) is 70.2 Å². The maximum Gasteiger partial charge on any atom is 0.335 e. The number of nitrogens with one attached hydrogen (secondary N) is 2. The predicted octanol–water partition coefficient (Wildman–Crippen LogP) is 6.20. The number of carboxylic acids is 1. The minimum Gasteiger partial charge on any atom is -0.478 e. The molecule has 0 saturated carbocycles. The Morgan fingerprint density at radius 3 is 1.02 bits per heavy atom. The number of hydrogen-bond acceptors (Lipinski definition) is 10. The molecule has 0 unspecified atom stereocenters. The zero-order valence-electron chi connectivity index (χ0n) is 31.2. The summed E-state index contributed by atoms with van der Waals surface area (Å²) < 4.78 is 0. The van der Waals surface area contributed by atoms with Crippen molar-refractivity contribution in [2.75, 3.05) is 13.2 Å². The predicted molar refractivity (Wildman–Crippen MR) is 218 cm³/mol. The fourth-order valence-corrected chi connectivity index (χ4v) is 3.37. The number of nitrogens with two attached hydrogens (primary N) is 1. The molecule has 2 amide bonds. The smallest absolute Gasteiger partial charge is 0.335 e. The molecule has 0 spiro atoms. The van der Waals surface area contributed by atoms with Crippen molar-refractivity contribution >= 4 is 41.4 Å². The number of rotatable bonds is 11. The van der Waals surface area contributed by atoms with E-state index in [9.17, 15) is 33.6 Å². The second-order valence-corrected chi connectivity index (χ2v) is 13.6. The minimum absolute atomic E-state index is 0. The van der Waals surface area contributed by atoms with Crippen LogP contribution in [0.1, 0.15) is 147 Å². The molecule has 0 aliphatic carbocycles. The number of carbonyl (C=O) groups excluding carboxylic acids is 6. The Kier molecular flexibility index (Phi) is 26.3. The van der Waals surface area contributed by atoms with E-state index in [2.05, 4.69) is 10.6 Å². The van der Waals surface area contributed by atoms with E-state index in [0.29, 0.717) is 34.1 Å². The number of aldehydes is 1. The van der Waals surface area contributed by atoms with Gasteiger partial charge in [-0.2, -0.15) is 0 Å². The number of carboxylic acid groups (broad SMARTS) is 1. The maximum atomic E-state index is 11.8. The Bertz CT molecular complexity index is 1640. The molecule has 0 saturated heterocycles. The van der Waals surface area contributed by atoms with E-state index in [1.807, 2.05) is 0 Å². The Morgan fingerprint density at radius 1 is 0.545 bits per heavy atom. The standard InChI is InChI=1S/C13H17NO3.C13H15NO3.C9H8O3.C4H11NO.3CH4/c2*1-9(16)10-4-6-11(7-5-10)12(17)14-13(2,3)8-15;1-6(10)7-2-4-8(5-3-7)9(11)12;1-4(2,5)3-6;;;/h4-7,15H,8H2,1-3H3,(H,14,17);4-8H,1-3H3,(H,14,17);2-5H,1H3,(H,11,12);6H,3,5H2,1-2H3;3*1H4. The molecule has 0 aromatic heterocycles. The summed E-state index contributed by atoms with van der Waals surface area (Å²) in [7, 11) is 0. The molecule has 0 aliphatic heterocycles. The molecule has 3 aromatic rings. The van der Waals surface area contributed by atoms with Crippen LogP contribution in [0.5, 0.6) is 0 Å². The van der Waals surface area contributed by atoms with Crippen molar-refractivity contribution < 1.29 is 48.9 Å². The number of aliphatic hydroxyl groups excluding tert-OH is 2. The first-order valence-corrected chi connectivity index (χ1v) is 16.1. The number of aromatic carboxylic acids is 1. The molecule has 55 heavy (non-hydrogen) atoms. The number of hydrogen-bond donors (Lipinski definition) is 6. The number of carbonyl (C=O) groups is 7. The lowest BCUT2D eigenvalue weighted by Gasteiger charge is -2.23. The molecule has 306 valence electrons. The van der Waals surface area contributed by atoms with Crippen LogP contribution in [-0.4, -0.2) is 86.6 Å². The molecule has 3 rings (SSSR count). The van der Waals surface area contributed by atoms with Gasteiger partial charge in [-0.3, -0.25) is 24.0 Å². The first-order valence-electron chi connectivity index (χ1n) is 16.1. The van der Waals surface area contributed by atoms with Crippen LogP contribution in [0.4, 0.5) is 0 Å². The molecule has 0 fully saturated rings. The van der Waals surface area contributed by atoms with Crippen LogP contribution in [0.25, 0.3) is 0 Å². The summed E-state index contributed by atoms with van der Waals surface area (Å²) in [5, 5.41) is 31.1. The summed E-state index contributed by atoms with van der Waals surface area (Å²) in [5.41, 5.74) is 6.07. The van der Waals surface area contributed by atoms with E-state index in [4.69, 9.17) is 21.1 Å². The van der Waals surface area contributed by atoms with Gasteiger partial charge >= 0.3 is 5.97 Å². The number of Topliss-reactive ketones (excluding diaryl/α,β-unsaturated/α-hetero) is 3. The Labute approximate surface area is 326 Å². The van der Waals surface area contributed by atoms with Crippen LogP contribution in [0.3, 0.4) is 0 Å². The van der Waals surface area contributed by atoms with Gasteiger partial charge in [-0.05, 0) is 98.7 Å². The topological polar surface area (TPSA) is 230 Å². The van der Waals surface area contributed by atoms with Crippen LogP contribution in [0, 0.1) is 0 Å². The second kappa shape index (κ2) is 25.6. The summed E-state index contributed by atoms with van der Waals surface area (Å²) in [4.78, 5) is 77.5. The molecule has 13 heteroatoms. The van der Waals surface area contributed by atoms with Crippen molar-refractivity contribution in [2.45, 2.75) is 101 Å². The van der Waals surface area contributed by atoms with Crippen molar-refractivity contribution in [3.05, 3.63) is 106 Å². The highest BCUT2D eigenvalue weighted by molar-refractivity contribution is 5.99. The monoisotopic (exact) mass is 769 g/mol. The molecule has 0 radical (unpaired) electrons. The Hall–Kier alpha value is -5.37. The molecular weight excluding hydrogens is 706 g/mol. The molecule has 0 bridgehead atoms. The van der Waals surface area contributed by atoms with Gasteiger partial charge in [0.1, 0.15) is 6.29 Å². The third kappa shape index (κ3) is 23.1. The molecular formula is C42H63N3O10. The SMILES string of the molecule is C.C.C.CC(=O)c1ccc(C(=O)NC(C)(C)C=O)cc1.CC(=O)c1ccc(C(=O)NC(C)(C)CO)cc1.CC(=O)c1ccc(C(=O)O)cc1.CC(C)(N)CO. The lowest BCUT2D eigenvalue weighted by molar-refractivity contribution is -0.112. The summed E-state index contributed by atoms with van der Waals surface area (Å²) in [5.74, 6) is -1.73. The molecule has 7 N–H and O–H groups in total. The largest absolute Gasteiger partial charge is 0.478 e. The molecule has 13 nitrogen and oxygen atoms in total. The first-order chi connectivity index (χ1) is 23.9. The highest BCUT2D eigenvalue weighted by atomic mass is 16.4. The van der Waals surface area contributed by atoms with Crippen LogP contribution in [0.15, 0.2) is 72.8 Å². The number of ketones is 3. The van der Waals surface area contributed by atoms with Gasteiger partial charge in [0, 0.05) is 33.4 Å². The van der Waals surface area contributed by atoms with Crippen LogP contribution in [-0.2, 0) is 4.79 Å². The minimum atomic E-state index is -0.981. The van der Waals surface area contributed by atoms with Gasteiger partial charge in [0.25, 0.3) is 11.8 Å². The average Bonchev–Trinajstić information content (AvgIpc) is 3.08. The average molecular weight is 770 g/mol. The fourth-order valence-electron chi connectivity index (χ4n) is 3.37. The van der Waals surface area contributed by atoms with Gasteiger partial charge in [0.05, 0.1) is 29.9 Å². The lowest BCUT2D eigenvalue weighted by atomic mass is 10.0. The summed E-state index contributed by atoms with van der Waals surface area (Å²) in [6, 6.07) is 18.6. The van der Waals surface area contributed by atoms with Crippen LogP contribution < -0.4 is 16.4 Å². The summed E-state index contributed by atoms with van der Waals surface area (Å²) >= 11 is 0. The van der Waals surface area contributed by atoms with Gasteiger partial charge in [-0.1, -0.05) is 58.7 Å². The van der Waals surface area contributed by atoms with Gasteiger partial charge in [-0.25, -0.2) is 4.79 Å². The van der Waals surface area contributed by atoms with Gasteiger partial charge in [-0.15, -0.1) is 0 Å². The van der Waals surface area contributed by atoms with E-state index in [1.165, 1.54) is 45.0 Å². The van der Waals surface area contributed by atoms with Crippen molar-refractivity contribution in [2.24, 2.45) is 5.73 Å². The van der Waals surface area contributed by atoms with Gasteiger partial charge in [0.2, 0.25) is 0 Å². The quantitative estimate of drug-likeness (QED) is 0.0950. The van der Waals surface area contributed by atoms with Crippen LogP contribution in [0.2, 0.25) is 0 Å². The molecule has 3 aromatic carbocycles. The first kappa shape index (κ1) is 56.4. The zero-order valence-corrected chi connectivity index (χ0v) is 31.2. The normalized spacial score (nSPS) is 10.1. The highest BCUT2D eigenvalue weighted by Crippen LogP contribution is 2.09. The third-order valence-electron chi connectivity index (χ3n) is 6.63. The highest BCUT2D eigenvalue weighted by Gasteiger charge is 2.21. The molecule has 0 atom stereocenters. The lowest BCUT2D eigenvalue weighted by Crippen LogP contribution is -2.46. The summed E-state index contributed by atoms with van der Waals surface area (Å²) in [6.45, 7) is 14.5. The maximum absolute atomic E-state index is 11.8. The van der Waals surface area contributed by atoms with Crippen molar-refractivity contribution in [1.82, 2.24) is 10.6 Å². The second-order valence-electron chi connectivity index (χ2n) is 13.6. The van der Waals surface area contributed by atoms with E-state index < -0.39 is 22.6 Å². The fraction of sp³-hybridized carbons (Fsp3) is 0.405. The number of benzene rings is 3. The third-order valence-corrected chi connectivity index (χ3v) is 6.63. The van der Waals surface area contributed by atoms with Crippen molar-refractivity contribution in [3.63, 3.8) is 0 Å².